The predicted molar refractivity (Wildman–Crippen MR) is 94.9 cm³/mol. The zero-order chi connectivity index (χ0) is 18.7. The second kappa shape index (κ2) is 7.15. The molecule has 0 amide bonds. The second-order valence-electron chi connectivity index (χ2n) is 6.12. The van der Waals surface area contributed by atoms with E-state index in [-0.39, 0.29) is 6.04 Å². The van der Waals surface area contributed by atoms with Gasteiger partial charge in [0.1, 0.15) is 5.82 Å². The third-order valence-corrected chi connectivity index (χ3v) is 3.63. The summed E-state index contributed by atoms with van der Waals surface area (Å²) >= 11 is 0. The van der Waals surface area contributed by atoms with Gasteiger partial charge in [-0.25, -0.2) is 4.98 Å². The molecule has 0 atom stereocenters. The highest BCUT2D eigenvalue weighted by Crippen LogP contribution is 2.29. The zero-order valence-electron chi connectivity index (χ0n) is 14.3. The maximum absolute atomic E-state index is 12.6. The Morgan fingerprint density at radius 3 is 2.42 bits per heavy atom. The normalized spacial score (nSPS) is 11.8. The van der Waals surface area contributed by atoms with Crippen molar-refractivity contribution in [1.29, 1.82) is 0 Å². The minimum Gasteiger partial charge on any atom is -0.365 e. The Morgan fingerprint density at radius 1 is 1.04 bits per heavy atom. The summed E-state index contributed by atoms with van der Waals surface area (Å²) in [6.07, 6.45) is -2.69. The molecule has 0 spiro atoms. The van der Waals surface area contributed by atoms with Crippen molar-refractivity contribution < 1.29 is 13.2 Å². The Balaban J connectivity index is 1.83. The average Bonchev–Trinajstić information content (AvgIpc) is 2.58. The van der Waals surface area contributed by atoms with Gasteiger partial charge in [-0.1, -0.05) is 12.1 Å². The lowest BCUT2D eigenvalue weighted by Crippen LogP contribution is -2.14. The molecule has 0 saturated heterocycles. The molecule has 1 aromatic carbocycles. The van der Waals surface area contributed by atoms with Gasteiger partial charge in [0.05, 0.1) is 10.9 Å². The maximum Gasteiger partial charge on any atom is 0.416 e. The first kappa shape index (κ1) is 17.9. The molecule has 0 bridgehead atoms. The number of nitrogens with one attached hydrogen (secondary N) is 2. The number of anilines is 2. The Hall–Kier alpha value is -2.90. The smallest absolute Gasteiger partial charge is 0.365 e. The van der Waals surface area contributed by atoms with Gasteiger partial charge in [0.15, 0.2) is 5.65 Å². The third kappa shape index (κ3) is 4.19. The van der Waals surface area contributed by atoms with Crippen LogP contribution in [0.15, 0.2) is 42.6 Å². The number of alkyl halides is 3. The molecular weight excluding hydrogens is 343 g/mol. The number of pyridine rings is 1. The summed E-state index contributed by atoms with van der Waals surface area (Å²) in [5, 5.41) is 7.04. The van der Waals surface area contributed by atoms with E-state index >= 15 is 0 Å². The van der Waals surface area contributed by atoms with Crippen LogP contribution in [0.1, 0.15) is 25.0 Å². The van der Waals surface area contributed by atoms with Crippen LogP contribution in [-0.4, -0.2) is 21.0 Å². The van der Waals surface area contributed by atoms with E-state index < -0.39 is 11.7 Å². The van der Waals surface area contributed by atoms with Crippen molar-refractivity contribution in [1.82, 2.24) is 15.0 Å². The zero-order valence-corrected chi connectivity index (χ0v) is 14.3. The van der Waals surface area contributed by atoms with Crippen LogP contribution < -0.4 is 10.6 Å². The van der Waals surface area contributed by atoms with Crippen LogP contribution in [0.4, 0.5) is 24.9 Å². The van der Waals surface area contributed by atoms with Gasteiger partial charge >= 0.3 is 6.18 Å². The van der Waals surface area contributed by atoms with Gasteiger partial charge in [-0.15, -0.1) is 0 Å². The first-order chi connectivity index (χ1) is 12.3. The molecule has 2 aromatic heterocycles. The average molecular weight is 361 g/mol. The molecule has 3 aromatic rings. The lowest BCUT2D eigenvalue weighted by atomic mass is 10.1. The molecule has 0 aliphatic heterocycles. The Bertz CT molecular complexity index is 891. The SMILES string of the molecule is CC(C)Nc1nc(NCc2ccc(C(F)(F)F)cc2)c2cccnc2n1. The molecule has 0 aliphatic carbocycles. The second-order valence-corrected chi connectivity index (χ2v) is 6.12. The molecule has 0 unspecified atom stereocenters. The van der Waals surface area contributed by atoms with Gasteiger partial charge in [0, 0.05) is 18.8 Å². The number of nitrogens with zero attached hydrogens (tertiary/aromatic N) is 3. The molecule has 0 fully saturated rings. The highest BCUT2D eigenvalue weighted by atomic mass is 19.4. The summed E-state index contributed by atoms with van der Waals surface area (Å²) in [4.78, 5) is 13.1. The highest BCUT2D eigenvalue weighted by Gasteiger charge is 2.29. The number of rotatable bonds is 5. The molecule has 2 heterocycles. The summed E-state index contributed by atoms with van der Waals surface area (Å²) in [7, 11) is 0. The topological polar surface area (TPSA) is 62.7 Å². The molecule has 0 aliphatic rings. The third-order valence-electron chi connectivity index (χ3n) is 3.63. The maximum atomic E-state index is 12.6. The van der Waals surface area contributed by atoms with Crippen molar-refractivity contribution in [3.05, 3.63) is 53.7 Å². The first-order valence-electron chi connectivity index (χ1n) is 8.12. The van der Waals surface area contributed by atoms with E-state index in [1.807, 2.05) is 19.9 Å². The fourth-order valence-corrected chi connectivity index (χ4v) is 2.42. The molecule has 0 radical (unpaired) electrons. The van der Waals surface area contributed by atoms with Crippen LogP contribution in [0.5, 0.6) is 0 Å². The van der Waals surface area contributed by atoms with Crippen LogP contribution in [-0.2, 0) is 12.7 Å². The number of benzene rings is 1. The molecule has 26 heavy (non-hydrogen) atoms. The van der Waals surface area contributed by atoms with Crippen molar-refractivity contribution >= 4 is 22.8 Å². The van der Waals surface area contributed by atoms with Crippen LogP contribution in [0, 0.1) is 0 Å². The van der Waals surface area contributed by atoms with Crippen molar-refractivity contribution in [2.75, 3.05) is 10.6 Å². The Morgan fingerprint density at radius 2 is 1.77 bits per heavy atom. The molecule has 3 rings (SSSR count). The first-order valence-corrected chi connectivity index (χ1v) is 8.12. The molecule has 8 heteroatoms. The van der Waals surface area contributed by atoms with Gasteiger partial charge < -0.3 is 10.6 Å². The number of fused-ring (bicyclic) bond motifs is 1. The summed E-state index contributed by atoms with van der Waals surface area (Å²) in [5.41, 5.74) is 0.592. The molecule has 2 N–H and O–H groups in total. The molecule has 0 saturated carbocycles. The lowest BCUT2D eigenvalue weighted by Gasteiger charge is -2.13. The number of hydrogen-bond donors (Lipinski definition) is 2. The number of hydrogen-bond acceptors (Lipinski definition) is 5. The van der Waals surface area contributed by atoms with Gasteiger partial charge in [0.25, 0.3) is 0 Å². The fraction of sp³-hybridized carbons (Fsp3) is 0.278. The lowest BCUT2D eigenvalue weighted by molar-refractivity contribution is -0.137. The highest BCUT2D eigenvalue weighted by molar-refractivity contribution is 5.87. The van der Waals surface area contributed by atoms with Gasteiger partial charge in [0.2, 0.25) is 5.95 Å². The summed E-state index contributed by atoms with van der Waals surface area (Å²) in [5.74, 6) is 1.02. The van der Waals surface area contributed by atoms with Gasteiger partial charge in [-0.3, -0.25) is 0 Å². The van der Waals surface area contributed by atoms with Gasteiger partial charge in [-0.2, -0.15) is 23.1 Å². The predicted octanol–water partition coefficient (Wildman–Crippen LogP) is 4.48. The largest absolute Gasteiger partial charge is 0.416 e. The van der Waals surface area contributed by atoms with Crippen LogP contribution in [0.2, 0.25) is 0 Å². The fourth-order valence-electron chi connectivity index (χ4n) is 2.42. The molecular formula is C18H18F3N5. The molecule has 5 nitrogen and oxygen atoms in total. The minimum absolute atomic E-state index is 0.152. The van der Waals surface area contributed by atoms with E-state index in [0.717, 1.165) is 17.5 Å². The van der Waals surface area contributed by atoms with Crippen LogP contribution in [0.25, 0.3) is 11.0 Å². The van der Waals surface area contributed by atoms with Crippen molar-refractivity contribution in [3.8, 4) is 0 Å². The van der Waals surface area contributed by atoms with Crippen LogP contribution >= 0.6 is 0 Å². The minimum atomic E-state index is -4.34. The van der Waals surface area contributed by atoms with Crippen molar-refractivity contribution in [2.24, 2.45) is 0 Å². The Kier molecular flexibility index (Phi) is 4.92. The van der Waals surface area contributed by atoms with Crippen LogP contribution in [0.3, 0.4) is 0 Å². The summed E-state index contributed by atoms with van der Waals surface area (Å²) in [6, 6.07) is 8.82. The van der Waals surface area contributed by atoms with E-state index in [1.165, 1.54) is 12.1 Å². The van der Waals surface area contributed by atoms with E-state index in [1.54, 1.807) is 12.3 Å². The van der Waals surface area contributed by atoms with E-state index in [0.29, 0.717) is 29.5 Å². The number of halogens is 3. The van der Waals surface area contributed by atoms with E-state index in [9.17, 15) is 13.2 Å². The summed E-state index contributed by atoms with van der Waals surface area (Å²) in [6.45, 7) is 4.28. The number of aromatic nitrogens is 3. The standard InChI is InChI=1S/C18H18F3N5/c1-11(2)24-17-25-15-14(4-3-9-22-15)16(26-17)23-10-12-5-7-13(8-6-12)18(19,20)21/h3-9,11H,10H2,1-2H3,(H2,22,23,24,25,26). The Labute approximate surface area is 148 Å². The van der Waals surface area contributed by atoms with Crippen molar-refractivity contribution in [2.45, 2.75) is 32.6 Å². The van der Waals surface area contributed by atoms with E-state index in [4.69, 9.17) is 0 Å². The van der Waals surface area contributed by atoms with E-state index in [2.05, 4.69) is 25.6 Å². The molecule has 136 valence electrons. The quantitative estimate of drug-likeness (QED) is 0.702. The summed E-state index contributed by atoms with van der Waals surface area (Å²) < 4.78 is 37.9. The van der Waals surface area contributed by atoms with Gasteiger partial charge in [-0.05, 0) is 43.7 Å². The monoisotopic (exact) mass is 361 g/mol. The van der Waals surface area contributed by atoms with Crippen molar-refractivity contribution in [3.63, 3.8) is 0 Å².